The molecule has 118 valence electrons. The third-order valence-electron chi connectivity index (χ3n) is 3.37. The Morgan fingerprint density at radius 1 is 1.35 bits per heavy atom. The van der Waals surface area contributed by atoms with Gasteiger partial charge >= 0.3 is 0 Å². The topological polar surface area (TPSA) is 70.7 Å². The Hall–Kier alpha value is -2.47. The highest BCUT2D eigenvalue weighted by atomic mass is 32.1. The molecule has 5 nitrogen and oxygen atoms in total. The predicted molar refractivity (Wildman–Crippen MR) is 93.3 cm³/mol. The molecule has 2 N–H and O–H groups in total. The van der Waals surface area contributed by atoms with Crippen LogP contribution in [0.2, 0.25) is 0 Å². The molecular weight excluding hydrogens is 308 g/mol. The molecule has 0 fully saturated rings. The molecular formula is C17H18N4OS. The minimum absolute atomic E-state index is 0.0970. The summed E-state index contributed by atoms with van der Waals surface area (Å²) in [6.45, 7) is 2.57. The van der Waals surface area contributed by atoms with Crippen molar-refractivity contribution in [2.45, 2.75) is 19.8 Å². The molecule has 0 spiro atoms. The van der Waals surface area contributed by atoms with Gasteiger partial charge in [-0.1, -0.05) is 12.1 Å². The van der Waals surface area contributed by atoms with Crippen LogP contribution in [0.3, 0.4) is 0 Å². The number of benzene rings is 1. The van der Waals surface area contributed by atoms with Crippen LogP contribution >= 0.6 is 11.3 Å². The number of thiazole rings is 1. The Balaban J connectivity index is 1.42. The molecule has 2 heterocycles. The number of fused-ring (bicyclic) bond motifs is 1. The van der Waals surface area contributed by atoms with Crippen molar-refractivity contribution in [3.8, 4) is 0 Å². The number of carbonyl (C=O) groups excluding carboxylic acids is 1. The lowest BCUT2D eigenvalue weighted by molar-refractivity contribution is -0.116. The van der Waals surface area contributed by atoms with Crippen LogP contribution in [0, 0.1) is 6.92 Å². The van der Waals surface area contributed by atoms with Crippen molar-refractivity contribution < 1.29 is 4.79 Å². The first-order valence-corrected chi connectivity index (χ1v) is 8.40. The lowest BCUT2D eigenvalue weighted by Gasteiger charge is -2.00. The van der Waals surface area contributed by atoms with E-state index in [1.807, 2.05) is 36.6 Å². The monoisotopic (exact) mass is 326 g/mol. The predicted octanol–water partition coefficient (Wildman–Crippen LogP) is 3.09. The van der Waals surface area contributed by atoms with Crippen LogP contribution in [0.15, 0.2) is 35.7 Å². The number of aryl methyl sites for hydroxylation is 2. The number of nitrogens with one attached hydrogen (secondary N) is 2. The van der Waals surface area contributed by atoms with Crippen LogP contribution in [0.25, 0.3) is 17.1 Å². The van der Waals surface area contributed by atoms with E-state index in [0.29, 0.717) is 6.54 Å². The highest BCUT2D eigenvalue weighted by molar-refractivity contribution is 7.09. The second-order valence-electron chi connectivity index (χ2n) is 5.22. The first-order valence-electron chi connectivity index (χ1n) is 7.52. The highest BCUT2D eigenvalue weighted by Crippen LogP contribution is 2.11. The van der Waals surface area contributed by atoms with Crippen molar-refractivity contribution in [1.29, 1.82) is 0 Å². The number of hydrogen-bond acceptors (Lipinski definition) is 4. The Morgan fingerprint density at radius 3 is 3.00 bits per heavy atom. The van der Waals surface area contributed by atoms with E-state index in [-0.39, 0.29) is 5.91 Å². The van der Waals surface area contributed by atoms with Gasteiger partial charge in [0, 0.05) is 24.4 Å². The maximum absolute atomic E-state index is 11.7. The van der Waals surface area contributed by atoms with Gasteiger partial charge in [0.2, 0.25) is 5.91 Å². The van der Waals surface area contributed by atoms with E-state index in [1.54, 1.807) is 17.4 Å². The van der Waals surface area contributed by atoms with E-state index in [1.165, 1.54) is 6.08 Å². The summed E-state index contributed by atoms with van der Waals surface area (Å²) in [6, 6.07) is 7.96. The lowest BCUT2D eigenvalue weighted by atomic mass is 10.3. The van der Waals surface area contributed by atoms with Crippen LogP contribution in [0.1, 0.15) is 22.9 Å². The van der Waals surface area contributed by atoms with E-state index in [9.17, 15) is 4.79 Å². The zero-order valence-electron chi connectivity index (χ0n) is 12.9. The summed E-state index contributed by atoms with van der Waals surface area (Å²) in [4.78, 5) is 23.8. The molecule has 3 rings (SSSR count). The molecule has 0 radical (unpaired) electrons. The summed E-state index contributed by atoms with van der Waals surface area (Å²) >= 11 is 1.57. The van der Waals surface area contributed by atoms with E-state index >= 15 is 0 Å². The second kappa shape index (κ2) is 7.19. The fourth-order valence-electron chi connectivity index (χ4n) is 2.27. The van der Waals surface area contributed by atoms with Crippen molar-refractivity contribution in [2.24, 2.45) is 0 Å². The van der Waals surface area contributed by atoms with E-state index < -0.39 is 0 Å². The zero-order chi connectivity index (χ0) is 16.1. The summed E-state index contributed by atoms with van der Waals surface area (Å²) in [6.07, 6.45) is 4.91. The number of H-pyrrole nitrogens is 1. The molecule has 0 bridgehead atoms. The number of amides is 1. The standard InChI is InChI=1S/C17H18N4OS/c1-12-19-13(11-23-12)8-9-17(22)18-10-4-7-16-20-14-5-2-3-6-15(14)21-16/h2-3,5-6,8-9,11H,4,7,10H2,1H3,(H,18,22)(H,20,21)/b9-8+. The molecule has 6 heteroatoms. The highest BCUT2D eigenvalue weighted by Gasteiger charge is 2.02. The van der Waals surface area contributed by atoms with E-state index in [0.717, 1.165) is 40.4 Å². The minimum atomic E-state index is -0.0970. The summed E-state index contributed by atoms with van der Waals surface area (Å²) in [7, 11) is 0. The lowest BCUT2D eigenvalue weighted by Crippen LogP contribution is -2.22. The first-order chi connectivity index (χ1) is 11.2. The van der Waals surface area contributed by atoms with E-state index in [4.69, 9.17) is 0 Å². The Labute approximate surface area is 138 Å². The molecule has 3 aromatic rings. The maximum atomic E-state index is 11.7. The van der Waals surface area contributed by atoms with Gasteiger partial charge in [-0.2, -0.15) is 0 Å². The van der Waals surface area contributed by atoms with Crippen LogP contribution in [-0.4, -0.2) is 27.4 Å². The van der Waals surface area contributed by atoms with Crippen molar-refractivity contribution >= 4 is 34.4 Å². The van der Waals surface area contributed by atoms with Crippen molar-refractivity contribution in [3.63, 3.8) is 0 Å². The van der Waals surface area contributed by atoms with Gasteiger partial charge in [-0.25, -0.2) is 9.97 Å². The summed E-state index contributed by atoms with van der Waals surface area (Å²) in [5.41, 5.74) is 2.85. The quantitative estimate of drug-likeness (QED) is 0.540. The third kappa shape index (κ3) is 4.26. The average molecular weight is 326 g/mol. The molecule has 23 heavy (non-hydrogen) atoms. The fourth-order valence-corrected chi connectivity index (χ4v) is 2.85. The van der Waals surface area contributed by atoms with Crippen molar-refractivity contribution in [3.05, 3.63) is 52.2 Å². The van der Waals surface area contributed by atoms with Gasteiger partial charge in [0.25, 0.3) is 0 Å². The molecule has 1 aromatic carbocycles. The van der Waals surface area contributed by atoms with Gasteiger partial charge < -0.3 is 10.3 Å². The van der Waals surface area contributed by atoms with Crippen molar-refractivity contribution in [1.82, 2.24) is 20.3 Å². The van der Waals surface area contributed by atoms with Gasteiger partial charge in [-0.15, -0.1) is 11.3 Å². The maximum Gasteiger partial charge on any atom is 0.244 e. The first kappa shape index (κ1) is 15.4. The van der Waals surface area contributed by atoms with Crippen LogP contribution in [0.5, 0.6) is 0 Å². The molecule has 0 aliphatic heterocycles. The Kier molecular flexibility index (Phi) is 4.83. The van der Waals surface area contributed by atoms with Gasteiger partial charge in [0.05, 0.1) is 21.7 Å². The number of imidazole rings is 1. The van der Waals surface area contributed by atoms with Crippen molar-refractivity contribution in [2.75, 3.05) is 6.54 Å². The smallest absolute Gasteiger partial charge is 0.244 e. The molecule has 0 saturated heterocycles. The second-order valence-corrected chi connectivity index (χ2v) is 6.28. The number of nitrogens with zero attached hydrogens (tertiary/aromatic N) is 2. The Bertz CT molecular complexity index is 801. The van der Waals surface area contributed by atoms with Gasteiger partial charge in [-0.3, -0.25) is 4.79 Å². The molecule has 0 saturated carbocycles. The number of rotatable bonds is 6. The number of aromatic nitrogens is 3. The van der Waals surface area contributed by atoms with Crippen LogP contribution < -0.4 is 5.32 Å². The van der Waals surface area contributed by atoms with Crippen LogP contribution in [-0.2, 0) is 11.2 Å². The zero-order valence-corrected chi connectivity index (χ0v) is 13.7. The molecule has 0 atom stereocenters. The summed E-state index contributed by atoms with van der Waals surface area (Å²) in [5, 5.41) is 5.80. The Morgan fingerprint density at radius 2 is 2.22 bits per heavy atom. The number of para-hydroxylation sites is 2. The normalized spacial score (nSPS) is 11.3. The van der Waals surface area contributed by atoms with Crippen LogP contribution in [0.4, 0.5) is 0 Å². The van der Waals surface area contributed by atoms with Gasteiger partial charge in [0.15, 0.2) is 0 Å². The molecule has 0 unspecified atom stereocenters. The molecule has 0 aliphatic carbocycles. The van der Waals surface area contributed by atoms with Gasteiger partial charge in [-0.05, 0) is 31.6 Å². The summed E-state index contributed by atoms with van der Waals surface area (Å²) in [5.74, 6) is 0.856. The number of aromatic amines is 1. The third-order valence-corrected chi connectivity index (χ3v) is 4.16. The minimum Gasteiger partial charge on any atom is -0.353 e. The summed E-state index contributed by atoms with van der Waals surface area (Å²) < 4.78 is 0. The fraction of sp³-hybridized carbons (Fsp3) is 0.235. The SMILES string of the molecule is Cc1nc(/C=C/C(=O)NCCCc2nc3ccccc3[nH]2)cs1. The van der Waals surface area contributed by atoms with E-state index in [2.05, 4.69) is 20.3 Å². The average Bonchev–Trinajstić information content (AvgIpc) is 3.15. The molecule has 1 amide bonds. The largest absolute Gasteiger partial charge is 0.353 e. The number of carbonyl (C=O) groups is 1. The molecule has 2 aromatic heterocycles. The number of hydrogen-bond donors (Lipinski definition) is 2. The van der Waals surface area contributed by atoms with Gasteiger partial charge in [0.1, 0.15) is 5.82 Å². The molecule has 0 aliphatic rings.